The Morgan fingerprint density at radius 2 is 2.17 bits per heavy atom. The highest BCUT2D eigenvalue weighted by molar-refractivity contribution is 6.08. The van der Waals surface area contributed by atoms with E-state index in [2.05, 4.69) is 15.3 Å². The molecule has 3 N–H and O–H groups in total. The number of carbonyl (C=O) groups excluding carboxylic acids is 1. The number of aromatic nitrogens is 2. The number of fused-ring (bicyclic) bond motifs is 1. The second kappa shape index (κ2) is 5.99. The topological polar surface area (TPSA) is 104 Å². The van der Waals surface area contributed by atoms with Crippen molar-refractivity contribution in [2.24, 2.45) is 0 Å². The van der Waals surface area contributed by atoms with Crippen molar-refractivity contribution in [1.29, 1.82) is 0 Å². The highest BCUT2D eigenvalue weighted by atomic mass is 19.1. The summed E-state index contributed by atoms with van der Waals surface area (Å²) in [6.45, 7) is 0. The van der Waals surface area contributed by atoms with Crippen molar-refractivity contribution in [3.63, 3.8) is 0 Å². The second-order valence-electron chi connectivity index (χ2n) is 4.88. The number of aromatic hydroxyl groups is 1. The van der Waals surface area contributed by atoms with Gasteiger partial charge in [0.05, 0.1) is 12.5 Å². The van der Waals surface area contributed by atoms with Crippen LogP contribution in [0.15, 0.2) is 41.3 Å². The van der Waals surface area contributed by atoms with Gasteiger partial charge in [-0.2, -0.15) is 0 Å². The normalized spacial score (nSPS) is 10.6. The number of pyridine rings is 2. The van der Waals surface area contributed by atoms with E-state index in [1.807, 2.05) is 0 Å². The van der Waals surface area contributed by atoms with Gasteiger partial charge in [0.15, 0.2) is 11.6 Å². The first-order valence-corrected chi connectivity index (χ1v) is 6.86. The van der Waals surface area contributed by atoms with Crippen molar-refractivity contribution in [3.05, 3.63) is 58.3 Å². The van der Waals surface area contributed by atoms with Gasteiger partial charge in [-0.15, -0.1) is 0 Å². The minimum absolute atomic E-state index is 0.0190. The summed E-state index contributed by atoms with van der Waals surface area (Å²) in [4.78, 5) is 30.7. The molecule has 122 valence electrons. The van der Waals surface area contributed by atoms with E-state index in [-0.39, 0.29) is 22.5 Å². The van der Waals surface area contributed by atoms with Gasteiger partial charge in [-0.3, -0.25) is 9.59 Å². The average molecular weight is 329 g/mol. The number of halogens is 1. The molecule has 8 heteroatoms. The van der Waals surface area contributed by atoms with E-state index < -0.39 is 28.6 Å². The van der Waals surface area contributed by atoms with Crippen LogP contribution in [0.5, 0.6) is 11.5 Å². The predicted octanol–water partition coefficient (Wildman–Crippen LogP) is 2.03. The number of H-pyrrole nitrogens is 1. The number of aromatic amines is 1. The number of amides is 1. The molecule has 0 radical (unpaired) electrons. The fourth-order valence-electron chi connectivity index (χ4n) is 2.26. The molecule has 0 bridgehead atoms. The molecule has 0 aliphatic heterocycles. The van der Waals surface area contributed by atoms with Gasteiger partial charge in [-0.25, -0.2) is 9.37 Å². The lowest BCUT2D eigenvalue weighted by atomic mass is 10.1. The number of benzene rings is 1. The number of nitrogens with one attached hydrogen (secondary N) is 2. The van der Waals surface area contributed by atoms with Crippen molar-refractivity contribution in [2.75, 3.05) is 12.4 Å². The van der Waals surface area contributed by atoms with Crippen LogP contribution in [0.1, 0.15) is 10.4 Å². The second-order valence-corrected chi connectivity index (χ2v) is 4.88. The number of anilines is 1. The monoisotopic (exact) mass is 329 g/mol. The number of carbonyl (C=O) groups is 1. The summed E-state index contributed by atoms with van der Waals surface area (Å²) in [5.41, 5.74) is -1.01. The minimum Gasteiger partial charge on any atom is -0.506 e. The lowest BCUT2D eigenvalue weighted by molar-refractivity contribution is 0.102. The predicted molar refractivity (Wildman–Crippen MR) is 84.9 cm³/mol. The van der Waals surface area contributed by atoms with Gasteiger partial charge >= 0.3 is 0 Å². The Hall–Kier alpha value is -3.42. The zero-order valence-electron chi connectivity index (χ0n) is 12.5. The van der Waals surface area contributed by atoms with Crippen molar-refractivity contribution in [3.8, 4) is 11.5 Å². The quantitative estimate of drug-likeness (QED) is 0.682. The van der Waals surface area contributed by atoms with Crippen LogP contribution in [-0.4, -0.2) is 28.1 Å². The van der Waals surface area contributed by atoms with E-state index in [1.165, 1.54) is 31.5 Å². The van der Waals surface area contributed by atoms with Gasteiger partial charge < -0.3 is 20.1 Å². The van der Waals surface area contributed by atoms with E-state index in [0.717, 1.165) is 6.07 Å². The fourth-order valence-corrected chi connectivity index (χ4v) is 2.26. The molecule has 0 aliphatic rings. The number of hydrogen-bond acceptors (Lipinski definition) is 5. The largest absolute Gasteiger partial charge is 0.506 e. The third-order valence-electron chi connectivity index (χ3n) is 3.40. The number of rotatable bonds is 3. The average Bonchev–Trinajstić information content (AvgIpc) is 2.55. The van der Waals surface area contributed by atoms with Crippen molar-refractivity contribution < 1.29 is 19.0 Å². The first kappa shape index (κ1) is 15.5. The zero-order chi connectivity index (χ0) is 17.3. The SMILES string of the molecule is COc1ccc(NC(=O)c2c(O)c3cccnc3[nH]c2=O)cc1F. The van der Waals surface area contributed by atoms with Gasteiger partial charge in [0.2, 0.25) is 0 Å². The smallest absolute Gasteiger partial charge is 0.266 e. The molecule has 0 spiro atoms. The summed E-state index contributed by atoms with van der Waals surface area (Å²) in [5.74, 6) is -2.01. The standard InChI is InChI=1S/C16H12FN3O4/c1-24-11-5-4-8(7-10(11)17)19-15(22)12-13(21)9-3-2-6-18-14(9)20-16(12)23/h2-7H,1H3,(H,19,22)(H2,18,20,21,23). The molecule has 0 saturated heterocycles. The van der Waals surface area contributed by atoms with E-state index in [9.17, 15) is 19.1 Å². The Labute approximate surface area is 134 Å². The summed E-state index contributed by atoms with van der Waals surface area (Å²) in [6, 6.07) is 6.86. The Morgan fingerprint density at radius 1 is 1.38 bits per heavy atom. The molecule has 24 heavy (non-hydrogen) atoms. The molecule has 2 heterocycles. The molecule has 0 fully saturated rings. The molecular formula is C16H12FN3O4. The lowest BCUT2D eigenvalue weighted by Gasteiger charge is -2.09. The highest BCUT2D eigenvalue weighted by Crippen LogP contribution is 2.25. The summed E-state index contributed by atoms with van der Waals surface area (Å²) >= 11 is 0. The molecule has 0 saturated carbocycles. The minimum atomic E-state index is -0.871. The van der Waals surface area contributed by atoms with Crippen LogP contribution in [-0.2, 0) is 0 Å². The maximum absolute atomic E-state index is 13.7. The Balaban J connectivity index is 2.00. The van der Waals surface area contributed by atoms with Crippen LogP contribution >= 0.6 is 0 Å². The van der Waals surface area contributed by atoms with Gasteiger partial charge in [-0.05, 0) is 24.3 Å². The highest BCUT2D eigenvalue weighted by Gasteiger charge is 2.20. The molecule has 0 atom stereocenters. The Bertz CT molecular complexity index is 1000. The number of nitrogens with zero attached hydrogens (tertiary/aromatic N) is 1. The first-order chi connectivity index (χ1) is 11.5. The Kier molecular flexibility index (Phi) is 3.87. The molecule has 3 aromatic rings. The number of methoxy groups -OCH3 is 1. The van der Waals surface area contributed by atoms with Gasteiger partial charge in [-0.1, -0.05) is 0 Å². The third kappa shape index (κ3) is 2.65. The summed E-state index contributed by atoms with van der Waals surface area (Å²) in [5, 5.41) is 12.8. The molecule has 1 aromatic carbocycles. The third-order valence-corrected chi connectivity index (χ3v) is 3.40. The molecule has 7 nitrogen and oxygen atoms in total. The van der Waals surface area contributed by atoms with Crippen LogP contribution in [0.25, 0.3) is 11.0 Å². The molecule has 1 amide bonds. The number of hydrogen-bond donors (Lipinski definition) is 3. The van der Waals surface area contributed by atoms with Gasteiger partial charge in [0.1, 0.15) is 17.0 Å². The summed E-state index contributed by atoms with van der Waals surface area (Å²) in [6.07, 6.45) is 1.44. The van der Waals surface area contributed by atoms with Crippen LogP contribution in [0, 0.1) is 5.82 Å². The van der Waals surface area contributed by atoms with E-state index >= 15 is 0 Å². The molecule has 3 rings (SSSR count). The maximum atomic E-state index is 13.7. The lowest BCUT2D eigenvalue weighted by Crippen LogP contribution is -2.23. The fraction of sp³-hybridized carbons (Fsp3) is 0.0625. The summed E-state index contributed by atoms with van der Waals surface area (Å²) in [7, 11) is 1.32. The molecular weight excluding hydrogens is 317 g/mol. The molecule has 0 unspecified atom stereocenters. The van der Waals surface area contributed by atoms with Gasteiger partial charge in [0.25, 0.3) is 11.5 Å². The first-order valence-electron chi connectivity index (χ1n) is 6.86. The van der Waals surface area contributed by atoms with E-state index in [0.29, 0.717) is 0 Å². The van der Waals surface area contributed by atoms with Crippen molar-refractivity contribution in [1.82, 2.24) is 9.97 Å². The van der Waals surface area contributed by atoms with Crippen LogP contribution in [0.3, 0.4) is 0 Å². The summed E-state index contributed by atoms with van der Waals surface area (Å²) < 4.78 is 18.5. The van der Waals surface area contributed by atoms with Crippen molar-refractivity contribution >= 4 is 22.6 Å². The van der Waals surface area contributed by atoms with Crippen molar-refractivity contribution in [2.45, 2.75) is 0 Å². The zero-order valence-corrected chi connectivity index (χ0v) is 12.5. The van der Waals surface area contributed by atoms with E-state index in [4.69, 9.17) is 4.74 Å². The van der Waals surface area contributed by atoms with Gasteiger partial charge in [0, 0.05) is 18.0 Å². The Morgan fingerprint density at radius 3 is 2.88 bits per heavy atom. The molecule has 0 aliphatic carbocycles. The number of ether oxygens (including phenoxy) is 1. The van der Waals surface area contributed by atoms with Crippen LogP contribution in [0.4, 0.5) is 10.1 Å². The maximum Gasteiger partial charge on any atom is 0.266 e. The molecule has 2 aromatic heterocycles. The van der Waals surface area contributed by atoms with E-state index in [1.54, 1.807) is 6.07 Å². The van der Waals surface area contributed by atoms with Crippen LogP contribution < -0.4 is 15.6 Å². The van der Waals surface area contributed by atoms with Crippen LogP contribution in [0.2, 0.25) is 0 Å².